The van der Waals surface area contributed by atoms with Gasteiger partial charge in [0.05, 0.1) is 10.2 Å². The van der Waals surface area contributed by atoms with Gasteiger partial charge in [-0.25, -0.2) is 4.98 Å². The molecule has 2 aromatic rings. The van der Waals surface area contributed by atoms with Crippen LogP contribution in [0.25, 0.3) is 10.2 Å². The lowest BCUT2D eigenvalue weighted by molar-refractivity contribution is -0.114. The summed E-state index contributed by atoms with van der Waals surface area (Å²) in [7, 11) is 0. The lowest BCUT2D eigenvalue weighted by Gasteiger charge is -2.10. The van der Waals surface area contributed by atoms with Crippen molar-refractivity contribution >= 4 is 38.3 Å². The van der Waals surface area contributed by atoms with E-state index in [-0.39, 0.29) is 5.91 Å². The average Bonchev–Trinajstić information content (AvgIpc) is 2.53. The highest BCUT2D eigenvalue weighted by Crippen LogP contribution is 2.33. The molecular formula is C11H13N3OS. The maximum Gasteiger partial charge on any atom is 0.221 e. The number of hydrogen-bond acceptors (Lipinski definition) is 4. The van der Waals surface area contributed by atoms with Gasteiger partial charge in [0.1, 0.15) is 0 Å². The Kier molecular flexibility index (Phi) is 2.55. The molecule has 2 rings (SSSR count). The SMILES string of the molecule is CC(=O)Nc1c(C)cc2nc(N)sc2c1C. The predicted octanol–water partition coefficient (Wildman–Crippen LogP) is 2.45. The highest BCUT2D eigenvalue weighted by Gasteiger charge is 2.12. The van der Waals surface area contributed by atoms with Gasteiger partial charge >= 0.3 is 0 Å². The number of thiazole rings is 1. The Morgan fingerprint density at radius 3 is 2.81 bits per heavy atom. The second-order valence-electron chi connectivity index (χ2n) is 3.78. The lowest BCUT2D eigenvalue weighted by Crippen LogP contribution is -2.08. The van der Waals surface area contributed by atoms with Crippen molar-refractivity contribution in [2.45, 2.75) is 20.8 Å². The first-order chi connectivity index (χ1) is 7.49. The fourth-order valence-corrected chi connectivity index (χ4v) is 2.59. The van der Waals surface area contributed by atoms with Gasteiger partial charge in [-0.05, 0) is 31.0 Å². The van der Waals surface area contributed by atoms with E-state index in [1.807, 2.05) is 19.9 Å². The van der Waals surface area contributed by atoms with E-state index in [1.165, 1.54) is 18.3 Å². The Hall–Kier alpha value is -1.62. The van der Waals surface area contributed by atoms with Crippen LogP contribution in [-0.4, -0.2) is 10.9 Å². The first kappa shape index (κ1) is 10.9. The molecule has 3 N–H and O–H groups in total. The molecule has 16 heavy (non-hydrogen) atoms. The largest absolute Gasteiger partial charge is 0.375 e. The van der Waals surface area contributed by atoms with E-state index >= 15 is 0 Å². The van der Waals surface area contributed by atoms with Crippen LogP contribution in [0.3, 0.4) is 0 Å². The Bertz CT molecular complexity index is 574. The second-order valence-corrected chi connectivity index (χ2v) is 4.81. The van der Waals surface area contributed by atoms with Crippen molar-refractivity contribution in [3.05, 3.63) is 17.2 Å². The maximum atomic E-state index is 11.1. The number of amides is 1. The summed E-state index contributed by atoms with van der Waals surface area (Å²) in [6, 6.07) is 1.94. The Morgan fingerprint density at radius 2 is 2.19 bits per heavy atom. The van der Waals surface area contributed by atoms with E-state index in [9.17, 15) is 4.79 Å². The van der Waals surface area contributed by atoms with Crippen LogP contribution >= 0.6 is 11.3 Å². The van der Waals surface area contributed by atoms with Crippen LogP contribution in [0.2, 0.25) is 0 Å². The number of aryl methyl sites for hydroxylation is 2. The van der Waals surface area contributed by atoms with Crippen molar-refractivity contribution in [2.75, 3.05) is 11.1 Å². The van der Waals surface area contributed by atoms with Crippen molar-refractivity contribution in [1.82, 2.24) is 4.98 Å². The number of nitrogen functional groups attached to an aromatic ring is 1. The molecule has 5 heteroatoms. The molecule has 0 spiro atoms. The van der Waals surface area contributed by atoms with Gasteiger partial charge in [0.2, 0.25) is 5.91 Å². The smallest absolute Gasteiger partial charge is 0.221 e. The van der Waals surface area contributed by atoms with Crippen LogP contribution in [0, 0.1) is 13.8 Å². The summed E-state index contributed by atoms with van der Waals surface area (Å²) < 4.78 is 1.03. The third-order valence-corrected chi connectivity index (χ3v) is 3.45. The molecule has 1 heterocycles. The van der Waals surface area contributed by atoms with Crippen LogP contribution in [-0.2, 0) is 4.79 Å². The van der Waals surface area contributed by atoms with Crippen molar-refractivity contribution in [3.8, 4) is 0 Å². The molecule has 1 aromatic heterocycles. The van der Waals surface area contributed by atoms with Crippen LogP contribution in [0.4, 0.5) is 10.8 Å². The molecule has 0 saturated carbocycles. The van der Waals surface area contributed by atoms with E-state index in [0.29, 0.717) is 5.13 Å². The lowest BCUT2D eigenvalue weighted by atomic mass is 10.1. The quantitative estimate of drug-likeness (QED) is 0.797. The summed E-state index contributed by atoms with van der Waals surface area (Å²) in [4.78, 5) is 15.3. The fourth-order valence-electron chi connectivity index (χ4n) is 1.77. The molecule has 0 saturated heterocycles. The minimum atomic E-state index is -0.0666. The minimum absolute atomic E-state index is 0.0666. The van der Waals surface area contributed by atoms with Gasteiger partial charge < -0.3 is 11.1 Å². The third-order valence-electron chi connectivity index (χ3n) is 2.43. The van der Waals surface area contributed by atoms with Crippen LogP contribution in [0.15, 0.2) is 6.07 Å². The van der Waals surface area contributed by atoms with Gasteiger partial charge in [0, 0.05) is 12.6 Å². The predicted molar refractivity (Wildman–Crippen MR) is 67.8 cm³/mol. The van der Waals surface area contributed by atoms with Gasteiger partial charge in [-0.1, -0.05) is 11.3 Å². The molecule has 1 amide bonds. The molecule has 0 fully saturated rings. The second kappa shape index (κ2) is 3.75. The normalized spacial score (nSPS) is 10.7. The maximum absolute atomic E-state index is 11.1. The van der Waals surface area contributed by atoms with Crippen molar-refractivity contribution in [1.29, 1.82) is 0 Å². The number of carbonyl (C=O) groups excluding carboxylic acids is 1. The molecule has 84 valence electrons. The molecule has 0 aliphatic heterocycles. The number of hydrogen-bond donors (Lipinski definition) is 2. The van der Waals surface area contributed by atoms with E-state index < -0.39 is 0 Å². The molecular weight excluding hydrogens is 222 g/mol. The molecule has 0 unspecified atom stereocenters. The van der Waals surface area contributed by atoms with E-state index in [1.54, 1.807) is 0 Å². The Balaban J connectivity index is 2.69. The molecule has 0 atom stereocenters. The molecule has 0 radical (unpaired) electrons. The highest BCUT2D eigenvalue weighted by atomic mass is 32.1. The number of aromatic nitrogens is 1. The number of nitrogens with two attached hydrogens (primary N) is 1. The summed E-state index contributed by atoms with van der Waals surface area (Å²) in [5, 5.41) is 3.40. The summed E-state index contributed by atoms with van der Waals surface area (Å²) in [6.07, 6.45) is 0. The number of anilines is 2. The van der Waals surface area contributed by atoms with E-state index in [2.05, 4.69) is 10.3 Å². The first-order valence-corrected chi connectivity index (χ1v) is 5.74. The number of fused-ring (bicyclic) bond motifs is 1. The van der Waals surface area contributed by atoms with Gasteiger partial charge in [-0.3, -0.25) is 4.79 Å². The molecule has 0 bridgehead atoms. The molecule has 4 nitrogen and oxygen atoms in total. The third kappa shape index (κ3) is 1.74. The Morgan fingerprint density at radius 1 is 1.50 bits per heavy atom. The number of carbonyl (C=O) groups is 1. The highest BCUT2D eigenvalue weighted by molar-refractivity contribution is 7.22. The van der Waals surface area contributed by atoms with Crippen molar-refractivity contribution in [2.24, 2.45) is 0 Å². The first-order valence-electron chi connectivity index (χ1n) is 4.93. The Labute approximate surface area is 97.5 Å². The van der Waals surface area contributed by atoms with Gasteiger partial charge in [0.15, 0.2) is 5.13 Å². The van der Waals surface area contributed by atoms with Crippen LogP contribution in [0.1, 0.15) is 18.1 Å². The standard InChI is InChI=1S/C11H13N3OS/c1-5-4-8-10(16-11(12)14-8)6(2)9(5)13-7(3)15/h4H,1-3H3,(H2,12,14)(H,13,15). The molecule has 1 aromatic carbocycles. The monoisotopic (exact) mass is 235 g/mol. The van der Waals surface area contributed by atoms with Crippen LogP contribution in [0.5, 0.6) is 0 Å². The zero-order chi connectivity index (χ0) is 11.9. The number of rotatable bonds is 1. The summed E-state index contributed by atoms with van der Waals surface area (Å²) in [5.74, 6) is -0.0666. The van der Waals surface area contributed by atoms with Crippen molar-refractivity contribution < 1.29 is 4.79 Å². The van der Waals surface area contributed by atoms with Gasteiger partial charge in [0.25, 0.3) is 0 Å². The zero-order valence-corrected chi connectivity index (χ0v) is 10.2. The summed E-state index contributed by atoms with van der Waals surface area (Å²) in [5.41, 5.74) is 9.47. The van der Waals surface area contributed by atoms with E-state index in [0.717, 1.165) is 27.0 Å². The summed E-state index contributed by atoms with van der Waals surface area (Å²) >= 11 is 1.44. The minimum Gasteiger partial charge on any atom is -0.375 e. The van der Waals surface area contributed by atoms with Crippen molar-refractivity contribution in [3.63, 3.8) is 0 Å². The number of nitrogens with zero attached hydrogens (tertiary/aromatic N) is 1. The van der Waals surface area contributed by atoms with Gasteiger partial charge in [-0.2, -0.15) is 0 Å². The molecule has 0 aliphatic carbocycles. The number of nitrogens with one attached hydrogen (secondary N) is 1. The molecule has 0 aliphatic rings. The van der Waals surface area contributed by atoms with E-state index in [4.69, 9.17) is 5.73 Å². The fraction of sp³-hybridized carbons (Fsp3) is 0.273. The summed E-state index contributed by atoms with van der Waals surface area (Å²) in [6.45, 7) is 5.43. The van der Waals surface area contributed by atoms with Crippen LogP contribution < -0.4 is 11.1 Å². The zero-order valence-electron chi connectivity index (χ0n) is 9.42. The average molecular weight is 235 g/mol. The van der Waals surface area contributed by atoms with Gasteiger partial charge in [-0.15, -0.1) is 0 Å². The topological polar surface area (TPSA) is 68.0 Å². The number of benzene rings is 1.